The van der Waals surface area contributed by atoms with Crippen molar-refractivity contribution in [3.63, 3.8) is 0 Å². The van der Waals surface area contributed by atoms with Crippen molar-refractivity contribution in [1.29, 1.82) is 0 Å². The van der Waals surface area contributed by atoms with Gasteiger partial charge in [0.25, 0.3) is 0 Å². The van der Waals surface area contributed by atoms with E-state index >= 15 is 0 Å². The molecule has 0 unspecified atom stereocenters. The highest BCUT2D eigenvalue weighted by atomic mass is 16.2. The predicted octanol–water partition coefficient (Wildman–Crippen LogP) is -0.131. The van der Waals surface area contributed by atoms with E-state index in [4.69, 9.17) is 0 Å². The summed E-state index contributed by atoms with van der Waals surface area (Å²) in [6, 6.07) is 0.479. The van der Waals surface area contributed by atoms with E-state index in [9.17, 15) is 4.79 Å². The van der Waals surface area contributed by atoms with Gasteiger partial charge in [0, 0.05) is 19.1 Å². The molecule has 6 heteroatoms. The summed E-state index contributed by atoms with van der Waals surface area (Å²) in [5.74, 6) is 0.00648. The zero-order valence-corrected chi connectivity index (χ0v) is 10.5. The van der Waals surface area contributed by atoms with Crippen molar-refractivity contribution in [3.8, 4) is 0 Å². The molecule has 1 aliphatic heterocycles. The molecule has 1 aliphatic rings. The van der Waals surface area contributed by atoms with Crippen LogP contribution >= 0.6 is 0 Å². The van der Waals surface area contributed by atoms with Crippen LogP contribution in [-0.4, -0.2) is 53.7 Å². The second-order valence-electron chi connectivity index (χ2n) is 4.58. The van der Waals surface area contributed by atoms with Crippen LogP contribution in [-0.2, 0) is 4.79 Å². The van der Waals surface area contributed by atoms with Gasteiger partial charge in [0.1, 0.15) is 0 Å². The second-order valence-corrected chi connectivity index (χ2v) is 4.58. The van der Waals surface area contributed by atoms with Gasteiger partial charge in [0.05, 0.1) is 23.6 Å². The molecule has 1 aromatic rings. The predicted molar refractivity (Wildman–Crippen MR) is 66.0 cm³/mol. The van der Waals surface area contributed by atoms with Gasteiger partial charge in [-0.15, -0.1) is 0 Å². The van der Waals surface area contributed by atoms with Gasteiger partial charge in [-0.05, 0) is 20.9 Å². The lowest BCUT2D eigenvalue weighted by Gasteiger charge is -2.35. The largest absolute Gasteiger partial charge is 0.322 e. The number of carbonyl (C=O) groups is 1. The summed E-state index contributed by atoms with van der Waals surface area (Å²) in [6.45, 7) is 6.12. The van der Waals surface area contributed by atoms with E-state index in [1.165, 1.54) is 0 Å². The Morgan fingerprint density at radius 2 is 2.24 bits per heavy atom. The first kappa shape index (κ1) is 12.1. The van der Waals surface area contributed by atoms with Gasteiger partial charge in [0.15, 0.2) is 0 Å². The number of H-pyrrole nitrogens is 1. The summed E-state index contributed by atoms with van der Waals surface area (Å²) >= 11 is 0. The molecule has 0 aromatic carbocycles. The molecular formula is C11H19N5O. The molecule has 1 amide bonds. The van der Waals surface area contributed by atoms with Crippen LogP contribution in [0.15, 0.2) is 0 Å². The maximum absolute atomic E-state index is 11.9. The third-order valence-electron chi connectivity index (χ3n) is 3.17. The fourth-order valence-corrected chi connectivity index (χ4v) is 1.85. The Labute approximate surface area is 101 Å². The fourth-order valence-electron chi connectivity index (χ4n) is 1.85. The number of aryl methyl sites for hydroxylation is 2. The average Bonchev–Trinajstić information content (AvgIpc) is 2.46. The molecule has 6 nitrogen and oxygen atoms in total. The van der Waals surface area contributed by atoms with E-state index in [0.29, 0.717) is 12.6 Å². The molecule has 1 fully saturated rings. The Morgan fingerprint density at radius 1 is 1.53 bits per heavy atom. The van der Waals surface area contributed by atoms with Gasteiger partial charge in [-0.3, -0.25) is 14.8 Å². The van der Waals surface area contributed by atoms with Crippen LogP contribution in [0, 0.1) is 13.8 Å². The molecular weight excluding hydrogens is 218 g/mol. The topological polar surface area (TPSA) is 73.0 Å². The second kappa shape index (κ2) is 4.85. The molecule has 0 bridgehead atoms. The minimum Gasteiger partial charge on any atom is -0.322 e. The Kier molecular flexibility index (Phi) is 3.44. The molecule has 17 heavy (non-hydrogen) atoms. The van der Waals surface area contributed by atoms with Gasteiger partial charge in [0.2, 0.25) is 5.91 Å². The van der Waals surface area contributed by atoms with Gasteiger partial charge in [-0.25, -0.2) is 0 Å². The molecule has 0 atom stereocenters. The molecule has 0 radical (unpaired) electrons. The molecule has 94 valence electrons. The lowest BCUT2D eigenvalue weighted by molar-refractivity contribution is -0.117. The third-order valence-corrected chi connectivity index (χ3v) is 3.17. The molecule has 2 heterocycles. The van der Waals surface area contributed by atoms with Crippen LogP contribution < -0.4 is 10.6 Å². The summed E-state index contributed by atoms with van der Waals surface area (Å²) in [6.07, 6.45) is 0. The van der Waals surface area contributed by atoms with Crippen LogP contribution in [0.1, 0.15) is 11.4 Å². The summed E-state index contributed by atoms with van der Waals surface area (Å²) in [7, 11) is 1.97. The minimum absolute atomic E-state index is 0.00648. The number of aromatic amines is 1. The van der Waals surface area contributed by atoms with Crippen molar-refractivity contribution in [3.05, 3.63) is 11.4 Å². The van der Waals surface area contributed by atoms with Crippen molar-refractivity contribution < 1.29 is 4.79 Å². The maximum Gasteiger partial charge on any atom is 0.238 e. The smallest absolute Gasteiger partial charge is 0.238 e. The molecule has 0 saturated carbocycles. The summed E-state index contributed by atoms with van der Waals surface area (Å²) in [5.41, 5.74) is 2.52. The minimum atomic E-state index is 0.00648. The summed E-state index contributed by atoms with van der Waals surface area (Å²) in [4.78, 5) is 13.9. The SMILES string of the molecule is Cc1n[nH]c(C)c1NC(=O)CN(C)C1CNC1. The third kappa shape index (κ3) is 2.65. The number of nitrogens with zero attached hydrogens (tertiary/aromatic N) is 2. The Hall–Kier alpha value is -1.40. The zero-order chi connectivity index (χ0) is 12.4. The van der Waals surface area contributed by atoms with Crippen molar-refractivity contribution in [2.24, 2.45) is 0 Å². The van der Waals surface area contributed by atoms with Crippen molar-refractivity contribution in [1.82, 2.24) is 20.4 Å². The Bertz CT molecular complexity index is 390. The Balaban J connectivity index is 1.88. The van der Waals surface area contributed by atoms with E-state index in [1.807, 2.05) is 20.9 Å². The standard InChI is InChI=1S/C11H19N5O/c1-7-11(8(2)15-14-7)13-10(17)6-16(3)9-4-12-5-9/h9,12H,4-6H2,1-3H3,(H,13,17)(H,14,15). The number of hydrogen-bond acceptors (Lipinski definition) is 4. The van der Waals surface area contributed by atoms with Crippen molar-refractivity contribution >= 4 is 11.6 Å². The van der Waals surface area contributed by atoms with E-state index in [1.54, 1.807) is 0 Å². The van der Waals surface area contributed by atoms with E-state index in [2.05, 4.69) is 25.7 Å². The number of nitrogens with one attached hydrogen (secondary N) is 3. The normalized spacial score (nSPS) is 16.0. The molecule has 0 spiro atoms. The highest BCUT2D eigenvalue weighted by molar-refractivity contribution is 5.93. The number of carbonyl (C=O) groups excluding carboxylic acids is 1. The zero-order valence-electron chi connectivity index (χ0n) is 10.5. The van der Waals surface area contributed by atoms with Gasteiger partial charge in [-0.1, -0.05) is 0 Å². The highest BCUT2D eigenvalue weighted by Gasteiger charge is 2.23. The molecule has 2 rings (SSSR count). The van der Waals surface area contributed by atoms with Crippen molar-refractivity contribution in [2.75, 3.05) is 32.0 Å². The number of aromatic nitrogens is 2. The monoisotopic (exact) mass is 237 g/mol. The lowest BCUT2D eigenvalue weighted by Crippen LogP contribution is -2.57. The average molecular weight is 237 g/mol. The first-order chi connectivity index (χ1) is 8.08. The van der Waals surface area contributed by atoms with E-state index in [-0.39, 0.29) is 5.91 Å². The molecule has 1 aromatic heterocycles. The first-order valence-corrected chi connectivity index (χ1v) is 5.80. The van der Waals surface area contributed by atoms with Crippen LogP contribution in [0.4, 0.5) is 5.69 Å². The first-order valence-electron chi connectivity index (χ1n) is 5.80. The fraction of sp³-hybridized carbons (Fsp3) is 0.636. The molecule has 1 saturated heterocycles. The molecule has 0 aliphatic carbocycles. The van der Waals surface area contributed by atoms with Crippen molar-refractivity contribution in [2.45, 2.75) is 19.9 Å². The van der Waals surface area contributed by atoms with Gasteiger partial charge in [-0.2, -0.15) is 5.10 Å². The van der Waals surface area contributed by atoms with Gasteiger partial charge < -0.3 is 10.6 Å². The molecule has 3 N–H and O–H groups in total. The lowest BCUT2D eigenvalue weighted by atomic mass is 10.1. The van der Waals surface area contributed by atoms with Crippen LogP contribution in [0.25, 0.3) is 0 Å². The number of likely N-dealkylation sites (N-methyl/N-ethyl adjacent to an activating group) is 1. The number of amides is 1. The number of hydrogen-bond donors (Lipinski definition) is 3. The Morgan fingerprint density at radius 3 is 2.71 bits per heavy atom. The van der Waals surface area contributed by atoms with Gasteiger partial charge >= 0.3 is 0 Å². The van der Waals surface area contributed by atoms with Crippen LogP contribution in [0.5, 0.6) is 0 Å². The van der Waals surface area contributed by atoms with Crippen LogP contribution in [0.3, 0.4) is 0 Å². The number of anilines is 1. The quantitative estimate of drug-likeness (QED) is 0.682. The summed E-state index contributed by atoms with van der Waals surface area (Å²) in [5, 5.41) is 13.0. The highest BCUT2D eigenvalue weighted by Crippen LogP contribution is 2.15. The summed E-state index contributed by atoms with van der Waals surface area (Å²) < 4.78 is 0. The number of rotatable bonds is 4. The maximum atomic E-state index is 11.9. The van der Waals surface area contributed by atoms with E-state index in [0.717, 1.165) is 30.2 Å². The van der Waals surface area contributed by atoms with Crippen LogP contribution in [0.2, 0.25) is 0 Å². The van der Waals surface area contributed by atoms with E-state index < -0.39 is 0 Å².